The number of carboxylic acids is 1. The summed E-state index contributed by atoms with van der Waals surface area (Å²) >= 11 is 0. The maximum Gasteiger partial charge on any atom is 0.362 e. The van der Waals surface area contributed by atoms with Crippen LogP contribution in [0.25, 0.3) is 0 Å². The van der Waals surface area contributed by atoms with Crippen LogP contribution < -0.4 is 0 Å². The van der Waals surface area contributed by atoms with Crippen LogP contribution in [-0.4, -0.2) is 80.6 Å². The largest absolute Gasteiger partial charge is 0.477 e. The Balaban J connectivity index is 4.25. The highest BCUT2D eigenvalue weighted by Crippen LogP contribution is 2.15. The van der Waals surface area contributed by atoms with Crippen LogP contribution in [0.15, 0.2) is 60.8 Å². The molecule has 0 aromatic rings. The molecule has 2 unspecified atom stereocenters. The highest BCUT2D eigenvalue weighted by atomic mass is 16.6. The minimum absolute atomic E-state index is 0.0499. The molecule has 0 heterocycles. The van der Waals surface area contributed by atoms with E-state index in [1.54, 1.807) is 0 Å². The van der Waals surface area contributed by atoms with Gasteiger partial charge in [-0.1, -0.05) is 197 Å². The summed E-state index contributed by atoms with van der Waals surface area (Å²) in [7, 11) is 5.52. The quantitative estimate of drug-likeness (QED) is 0.0214. The van der Waals surface area contributed by atoms with Gasteiger partial charge in [0.05, 0.1) is 34.4 Å². The average Bonchev–Trinajstić information content (AvgIpc) is 3.23. The number of nitrogens with zero attached hydrogens (tertiary/aromatic N) is 1. The van der Waals surface area contributed by atoms with Gasteiger partial charge in [0.25, 0.3) is 0 Å². The van der Waals surface area contributed by atoms with Crippen LogP contribution in [0.1, 0.15) is 213 Å². The smallest absolute Gasteiger partial charge is 0.362 e. The van der Waals surface area contributed by atoms with Crippen LogP contribution in [0, 0.1) is 0 Å². The molecule has 0 aliphatic carbocycles. The van der Waals surface area contributed by atoms with Crippen molar-refractivity contribution in [3.8, 4) is 0 Å². The summed E-state index contributed by atoms with van der Waals surface area (Å²) in [6.07, 6.45) is 55.6. The number of esters is 2. The molecule has 0 aliphatic rings. The molecule has 0 aromatic heterocycles. The van der Waals surface area contributed by atoms with Crippen LogP contribution in [0.4, 0.5) is 0 Å². The van der Waals surface area contributed by atoms with E-state index in [1.165, 1.54) is 116 Å². The summed E-state index contributed by atoms with van der Waals surface area (Å²) in [6, 6.07) is -0.622. The van der Waals surface area contributed by atoms with E-state index >= 15 is 0 Å². The lowest BCUT2D eigenvalue weighted by atomic mass is 10.0. The molecule has 0 amide bonds. The Bertz CT molecular complexity index is 1200. The molecular formula is C54H96NO7+. The van der Waals surface area contributed by atoms with Crippen molar-refractivity contribution in [1.82, 2.24) is 0 Å². The fraction of sp³-hybridized carbons (Fsp3) is 0.759. The van der Waals surface area contributed by atoms with E-state index in [0.29, 0.717) is 19.3 Å². The van der Waals surface area contributed by atoms with Gasteiger partial charge in [0.15, 0.2) is 12.1 Å². The predicted octanol–water partition coefficient (Wildman–Crippen LogP) is 14.5. The van der Waals surface area contributed by atoms with Crippen LogP contribution in [-0.2, 0) is 28.6 Å². The Hall–Kier alpha value is -2.97. The molecule has 62 heavy (non-hydrogen) atoms. The van der Waals surface area contributed by atoms with Crippen molar-refractivity contribution in [3.05, 3.63) is 60.8 Å². The maximum atomic E-state index is 12.8. The molecule has 8 nitrogen and oxygen atoms in total. The lowest BCUT2D eigenvalue weighted by Gasteiger charge is -2.31. The third kappa shape index (κ3) is 42.3. The van der Waals surface area contributed by atoms with Gasteiger partial charge >= 0.3 is 17.9 Å². The molecule has 1 N–H and O–H groups in total. The third-order valence-corrected chi connectivity index (χ3v) is 11.2. The highest BCUT2D eigenvalue weighted by Gasteiger charge is 2.31. The molecule has 0 radical (unpaired) electrons. The lowest BCUT2D eigenvalue weighted by Crippen LogP contribution is -2.50. The first-order valence-corrected chi connectivity index (χ1v) is 25.4. The summed E-state index contributed by atoms with van der Waals surface area (Å²) < 4.78 is 17.3. The SMILES string of the molecule is CC/C=C/C=C/C=C/C=C/CCCCCCCC(=O)OCC(COCCC(C(=O)O)[N+](C)(C)C)OC(=O)CCCCCCCCC/C=C/CCCCCCCCCCCCCC. The van der Waals surface area contributed by atoms with E-state index in [9.17, 15) is 19.5 Å². The van der Waals surface area contributed by atoms with E-state index in [4.69, 9.17) is 14.2 Å². The molecule has 2 atom stereocenters. The van der Waals surface area contributed by atoms with Gasteiger partial charge in [0.1, 0.15) is 6.61 Å². The van der Waals surface area contributed by atoms with Crippen molar-refractivity contribution in [3.63, 3.8) is 0 Å². The lowest BCUT2D eigenvalue weighted by molar-refractivity contribution is -0.887. The number of allylic oxidation sites excluding steroid dienone is 10. The third-order valence-electron chi connectivity index (χ3n) is 11.2. The standard InChI is InChI=1S/C54H95NO7/c1-6-8-10-12-14-16-18-20-22-23-24-25-26-27-28-29-31-33-35-37-39-41-43-45-53(57)62-50(48-60-47-46-51(54(58)59)55(3,4)5)49-61-52(56)44-42-40-38-36-34-32-30-21-19-17-15-13-11-9-7-2/h9,11,13,15,17,19,21,27-28,30,50-51H,6-8,10,12,14,16,18,20,22-26,29,31-49H2,1-5H3/p+1/b11-9+,15-13+,19-17+,28-27+,30-21+. The van der Waals surface area contributed by atoms with E-state index in [0.717, 1.165) is 64.2 Å². The first kappa shape index (κ1) is 59.0. The van der Waals surface area contributed by atoms with Crippen molar-refractivity contribution in [2.45, 2.75) is 225 Å². The van der Waals surface area contributed by atoms with Gasteiger partial charge in [0.2, 0.25) is 0 Å². The Labute approximate surface area is 381 Å². The minimum atomic E-state index is -0.880. The average molecular weight is 871 g/mol. The van der Waals surface area contributed by atoms with Crippen LogP contribution in [0.5, 0.6) is 0 Å². The van der Waals surface area contributed by atoms with Gasteiger partial charge in [-0.25, -0.2) is 4.79 Å². The zero-order valence-electron chi connectivity index (χ0n) is 40.8. The van der Waals surface area contributed by atoms with Gasteiger partial charge in [-0.05, 0) is 57.8 Å². The number of likely N-dealkylation sites (N-methyl/N-ethyl adjacent to an activating group) is 1. The Morgan fingerprint density at radius 2 is 0.919 bits per heavy atom. The molecule has 0 spiro atoms. The number of quaternary nitrogens is 1. The first-order chi connectivity index (χ1) is 30.1. The monoisotopic (exact) mass is 871 g/mol. The second-order valence-corrected chi connectivity index (χ2v) is 18.1. The summed E-state index contributed by atoms with van der Waals surface area (Å²) in [5.74, 6) is -1.50. The summed E-state index contributed by atoms with van der Waals surface area (Å²) in [6.45, 7) is 4.58. The number of aliphatic carboxylic acids is 1. The number of carboxylic acid groups (broad SMARTS) is 1. The van der Waals surface area contributed by atoms with Crippen molar-refractivity contribution in [2.75, 3.05) is 41.0 Å². The van der Waals surface area contributed by atoms with E-state index < -0.39 is 18.1 Å². The predicted molar refractivity (Wildman–Crippen MR) is 261 cm³/mol. The molecular weight excluding hydrogens is 775 g/mol. The van der Waals surface area contributed by atoms with Crippen molar-refractivity contribution in [2.24, 2.45) is 0 Å². The minimum Gasteiger partial charge on any atom is -0.477 e. The van der Waals surface area contributed by atoms with E-state index in [2.05, 4.69) is 50.3 Å². The first-order valence-electron chi connectivity index (χ1n) is 25.4. The molecule has 0 saturated heterocycles. The van der Waals surface area contributed by atoms with Gasteiger partial charge < -0.3 is 23.8 Å². The summed E-state index contributed by atoms with van der Waals surface area (Å²) in [4.78, 5) is 37.1. The van der Waals surface area contributed by atoms with Crippen molar-refractivity contribution < 1.29 is 38.2 Å². The number of rotatable bonds is 45. The molecule has 0 fully saturated rings. The molecule has 0 rings (SSSR count). The number of hydrogen-bond donors (Lipinski definition) is 1. The van der Waals surface area contributed by atoms with Crippen molar-refractivity contribution in [1.29, 1.82) is 0 Å². The van der Waals surface area contributed by atoms with Crippen molar-refractivity contribution >= 4 is 17.9 Å². The number of ether oxygens (including phenoxy) is 3. The van der Waals surface area contributed by atoms with Crippen LogP contribution in [0.2, 0.25) is 0 Å². The molecule has 0 bridgehead atoms. The molecule has 8 heteroatoms. The zero-order valence-corrected chi connectivity index (χ0v) is 40.8. The number of hydrogen-bond acceptors (Lipinski definition) is 6. The van der Waals surface area contributed by atoms with E-state index in [-0.39, 0.29) is 36.2 Å². The number of carbonyl (C=O) groups is 3. The molecule has 358 valence electrons. The van der Waals surface area contributed by atoms with Gasteiger partial charge in [-0.2, -0.15) is 0 Å². The van der Waals surface area contributed by atoms with Crippen LogP contribution >= 0.6 is 0 Å². The molecule has 0 saturated carbocycles. The topological polar surface area (TPSA) is 99.1 Å². The number of carbonyl (C=O) groups excluding carboxylic acids is 2. The summed E-state index contributed by atoms with van der Waals surface area (Å²) in [5, 5.41) is 9.65. The second-order valence-electron chi connectivity index (χ2n) is 18.1. The molecule has 0 aliphatic heterocycles. The zero-order chi connectivity index (χ0) is 45.6. The molecule has 0 aromatic carbocycles. The second kappa shape index (κ2) is 44.6. The Kier molecular flexibility index (Phi) is 42.5. The van der Waals surface area contributed by atoms with Gasteiger partial charge in [-0.3, -0.25) is 9.59 Å². The fourth-order valence-corrected chi connectivity index (χ4v) is 7.33. The Morgan fingerprint density at radius 1 is 0.500 bits per heavy atom. The van der Waals surface area contributed by atoms with Gasteiger partial charge in [-0.15, -0.1) is 0 Å². The maximum absolute atomic E-state index is 12.8. The highest BCUT2D eigenvalue weighted by molar-refractivity contribution is 5.72. The van der Waals surface area contributed by atoms with Crippen LogP contribution in [0.3, 0.4) is 0 Å². The number of unbranched alkanes of at least 4 members (excludes halogenated alkanes) is 24. The van der Waals surface area contributed by atoms with E-state index in [1.807, 2.05) is 45.4 Å². The fourth-order valence-electron chi connectivity index (χ4n) is 7.33. The summed E-state index contributed by atoms with van der Waals surface area (Å²) in [5.41, 5.74) is 0. The normalized spacial score (nSPS) is 13.4. The van der Waals surface area contributed by atoms with Gasteiger partial charge in [0, 0.05) is 19.3 Å². The Morgan fingerprint density at radius 3 is 1.39 bits per heavy atom.